The van der Waals surface area contributed by atoms with Crippen molar-refractivity contribution in [1.82, 2.24) is 0 Å². The third-order valence-electron chi connectivity index (χ3n) is 9.93. The van der Waals surface area contributed by atoms with Crippen molar-refractivity contribution < 1.29 is 0 Å². The molecule has 0 fully saturated rings. The van der Waals surface area contributed by atoms with E-state index in [1.807, 2.05) is 0 Å². The van der Waals surface area contributed by atoms with Crippen LogP contribution in [-0.2, 0) is 5.41 Å². The molecule has 0 bridgehead atoms. The number of para-hydroxylation sites is 2. The molecule has 48 heavy (non-hydrogen) atoms. The molecule has 0 aromatic heterocycles. The molecule has 0 amide bonds. The lowest BCUT2D eigenvalue weighted by Gasteiger charge is -2.34. The van der Waals surface area contributed by atoms with E-state index in [1.54, 1.807) is 0 Å². The van der Waals surface area contributed by atoms with Gasteiger partial charge in [-0.25, -0.2) is 0 Å². The van der Waals surface area contributed by atoms with Gasteiger partial charge < -0.3 is 4.90 Å². The first-order chi connectivity index (χ1) is 23.8. The Kier molecular flexibility index (Phi) is 6.76. The van der Waals surface area contributed by atoms with Gasteiger partial charge >= 0.3 is 0 Å². The van der Waals surface area contributed by atoms with Gasteiger partial charge in [-0.3, -0.25) is 0 Å². The van der Waals surface area contributed by atoms with Crippen LogP contribution in [0.3, 0.4) is 0 Å². The maximum atomic E-state index is 2.43. The van der Waals surface area contributed by atoms with Crippen LogP contribution in [0, 0.1) is 0 Å². The van der Waals surface area contributed by atoms with E-state index in [0.29, 0.717) is 0 Å². The minimum absolute atomic E-state index is 0.463. The first-order valence-electron chi connectivity index (χ1n) is 16.6. The van der Waals surface area contributed by atoms with Gasteiger partial charge in [0.1, 0.15) is 0 Å². The molecule has 0 radical (unpaired) electrons. The highest BCUT2D eigenvalue weighted by Crippen LogP contribution is 2.59. The average Bonchev–Trinajstić information content (AvgIpc) is 3.47. The van der Waals surface area contributed by atoms with E-state index in [2.05, 4.69) is 205 Å². The first kappa shape index (κ1) is 28.1. The van der Waals surface area contributed by atoms with Crippen molar-refractivity contribution in [2.45, 2.75) is 5.41 Å². The molecule has 8 aromatic carbocycles. The van der Waals surface area contributed by atoms with Crippen molar-refractivity contribution in [3.05, 3.63) is 222 Å². The highest BCUT2D eigenvalue weighted by atomic mass is 15.1. The fourth-order valence-corrected chi connectivity index (χ4v) is 7.92. The summed E-state index contributed by atoms with van der Waals surface area (Å²) in [6, 6.07) is 72.9. The summed E-state index contributed by atoms with van der Waals surface area (Å²) in [5.74, 6) is 0. The summed E-state index contributed by atoms with van der Waals surface area (Å²) in [5, 5.41) is 2.52. The molecular weight excluding hydrogens is 579 g/mol. The maximum Gasteiger partial charge on any atom is 0.0713 e. The molecule has 0 atom stereocenters. The molecule has 1 aliphatic rings. The molecule has 1 aliphatic carbocycles. The fraction of sp³-hybridized carbons (Fsp3) is 0.0213. The summed E-state index contributed by atoms with van der Waals surface area (Å²) in [4.78, 5) is 2.42. The Labute approximate surface area is 282 Å². The highest BCUT2D eigenvalue weighted by molar-refractivity contribution is 6.05. The van der Waals surface area contributed by atoms with Crippen LogP contribution in [0.4, 0.5) is 17.1 Å². The Balaban J connectivity index is 1.37. The van der Waals surface area contributed by atoms with Crippen LogP contribution in [-0.4, -0.2) is 0 Å². The normalized spacial score (nSPS) is 12.8. The predicted molar refractivity (Wildman–Crippen MR) is 201 cm³/mol. The maximum absolute atomic E-state index is 2.43. The van der Waals surface area contributed by atoms with E-state index < -0.39 is 5.41 Å². The van der Waals surface area contributed by atoms with E-state index in [9.17, 15) is 0 Å². The smallest absolute Gasteiger partial charge is 0.0713 e. The molecule has 0 saturated carbocycles. The topological polar surface area (TPSA) is 3.24 Å². The predicted octanol–water partition coefficient (Wildman–Crippen LogP) is 12.3. The van der Waals surface area contributed by atoms with E-state index in [0.717, 1.165) is 17.1 Å². The van der Waals surface area contributed by atoms with Crippen LogP contribution >= 0.6 is 0 Å². The van der Waals surface area contributed by atoms with Crippen molar-refractivity contribution >= 4 is 27.8 Å². The van der Waals surface area contributed by atoms with Crippen molar-refractivity contribution in [3.63, 3.8) is 0 Å². The number of rotatable bonds is 6. The van der Waals surface area contributed by atoms with Gasteiger partial charge in [-0.2, -0.15) is 0 Å². The summed E-state index contributed by atoms with van der Waals surface area (Å²) >= 11 is 0. The van der Waals surface area contributed by atoms with Crippen molar-refractivity contribution in [3.8, 4) is 22.3 Å². The molecule has 1 heteroatoms. The first-order valence-corrected chi connectivity index (χ1v) is 16.6. The standard InChI is InChI=1S/C47H33N/c1-5-17-34(18-6-1)40-26-15-16-28-45(40)48(38-24-11-4-12-25-38)39-30-32-43-42(33-39)46-41-27-14-13-19-35(41)29-31-44(46)47(43,36-20-7-2-8-21-36)37-22-9-3-10-23-37/h1-33H. The molecule has 0 heterocycles. The number of nitrogens with zero attached hydrogens (tertiary/aromatic N) is 1. The van der Waals surface area contributed by atoms with Crippen LogP contribution in [0.15, 0.2) is 200 Å². The lowest BCUT2D eigenvalue weighted by atomic mass is 9.67. The number of anilines is 3. The summed E-state index contributed by atoms with van der Waals surface area (Å²) in [6.07, 6.45) is 0. The third kappa shape index (κ3) is 4.32. The van der Waals surface area contributed by atoms with Gasteiger partial charge in [-0.1, -0.05) is 170 Å². The zero-order chi connectivity index (χ0) is 31.9. The van der Waals surface area contributed by atoms with Gasteiger partial charge in [-0.15, -0.1) is 0 Å². The van der Waals surface area contributed by atoms with Crippen molar-refractivity contribution in [2.75, 3.05) is 4.90 Å². The molecule has 1 nitrogen and oxygen atoms in total. The molecule has 0 unspecified atom stereocenters. The Morgan fingerprint density at radius 2 is 0.938 bits per heavy atom. The van der Waals surface area contributed by atoms with E-state index in [-0.39, 0.29) is 0 Å². The lowest BCUT2D eigenvalue weighted by molar-refractivity contribution is 0.769. The Morgan fingerprint density at radius 3 is 1.65 bits per heavy atom. The summed E-state index contributed by atoms with van der Waals surface area (Å²) in [7, 11) is 0. The number of benzene rings is 8. The van der Waals surface area contributed by atoms with E-state index in [1.165, 1.54) is 55.3 Å². The summed E-state index contributed by atoms with van der Waals surface area (Å²) in [5.41, 5.74) is 13.1. The second kappa shape index (κ2) is 11.6. The third-order valence-corrected chi connectivity index (χ3v) is 9.93. The monoisotopic (exact) mass is 611 g/mol. The molecule has 0 N–H and O–H groups in total. The zero-order valence-corrected chi connectivity index (χ0v) is 26.5. The number of fused-ring (bicyclic) bond motifs is 5. The van der Waals surface area contributed by atoms with Gasteiger partial charge in [0, 0.05) is 16.9 Å². The minimum atomic E-state index is -0.463. The molecule has 226 valence electrons. The summed E-state index contributed by atoms with van der Waals surface area (Å²) in [6.45, 7) is 0. The Hall–Kier alpha value is -6.18. The van der Waals surface area contributed by atoms with Crippen molar-refractivity contribution in [1.29, 1.82) is 0 Å². The van der Waals surface area contributed by atoms with Gasteiger partial charge in [0.15, 0.2) is 0 Å². The van der Waals surface area contributed by atoms with Crippen LogP contribution in [0.2, 0.25) is 0 Å². The number of hydrogen-bond acceptors (Lipinski definition) is 1. The quantitative estimate of drug-likeness (QED) is 0.181. The molecular formula is C47H33N. The lowest BCUT2D eigenvalue weighted by Crippen LogP contribution is -2.28. The number of hydrogen-bond donors (Lipinski definition) is 0. The second-order valence-electron chi connectivity index (χ2n) is 12.5. The Morgan fingerprint density at radius 1 is 0.375 bits per heavy atom. The van der Waals surface area contributed by atoms with Gasteiger partial charge in [0.25, 0.3) is 0 Å². The summed E-state index contributed by atoms with van der Waals surface area (Å²) < 4.78 is 0. The van der Waals surface area contributed by atoms with Crippen LogP contribution in [0.1, 0.15) is 22.3 Å². The Bertz CT molecular complexity index is 2340. The minimum Gasteiger partial charge on any atom is -0.310 e. The van der Waals surface area contributed by atoms with Crippen molar-refractivity contribution in [2.24, 2.45) is 0 Å². The largest absolute Gasteiger partial charge is 0.310 e. The fourth-order valence-electron chi connectivity index (χ4n) is 7.92. The molecule has 0 spiro atoms. The second-order valence-corrected chi connectivity index (χ2v) is 12.5. The van der Waals surface area contributed by atoms with Crippen LogP contribution in [0.25, 0.3) is 33.0 Å². The zero-order valence-electron chi connectivity index (χ0n) is 26.5. The van der Waals surface area contributed by atoms with E-state index >= 15 is 0 Å². The van der Waals surface area contributed by atoms with Gasteiger partial charge in [-0.05, 0) is 80.0 Å². The molecule has 0 saturated heterocycles. The van der Waals surface area contributed by atoms with Crippen LogP contribution in [0.5, 0.6) is 0 Å². The highest BCUT2D eigenvalue weighted by Gasteiger charge is 2.46. The molecule has 0 aliphatic heterocycles. The van der Waals surface area contributed by atoms with Gasteiger partial charge in [0.2, 0.25) is 0 Å². The molecule has 8 aromatic rings. The van der Waals surface area contributed by atoms with Gasteiger partial charge in [0.05, 0.1) is 11.1 Å². The molecule has 9 rings (SSSR count). The van der Waals surface area contributed by atoms with E-state index in [4.69, 9.17) is 0 Å². The van der Waals surface area contributed by atoms with Crippen LogP contribution < -0.4 is 4.90 Å². The SMILES string of the molecule is c1ccc(-c2ccccc2N(c2ccccc2)c2ccc3c(c2)-c2c(ccc4ccccc24)C3(c2ccccc2)c2ccccc2)cc1. The average molecular weight is 612 g/mol.